The summed E-state index contributed by atoms with van der Waals surface area (Å²) in [5.74, 6) is 0.122. The van der Waals surface area contributed by atoms with E-state index >= 15 is 0 Å². The maximum absolute atomic E-state index is 12.4. The minimum Gasteiger partial charge on any atom is -0.393 e. The molecular weight excluding hydrogens is 297 g/mol. The van der Waals surface area contributed by atoms with Gasteiger partial charge in [0.15, 0.2) is 0 Å². The van der Waals surface area contributed by atoms with Crippen molar-refractivity contribution in [2.75, 3.05) is 6.54 Å². The van der Waals surface area contributed by atoms with E-state index < -0.39 is 23.9 Å². The number of rotatable bonds is 6. The zero-order chi connectivity index (χ0) is 16.8. The fourth-order valence-electron chi connectivity index (χ4n) is 1.72. The van der Waals surface area contributed by atoms with Crippen molar-refractivity contribution in [1.82, 2.24) is 10.6 Å². The van der Waals surface area contributed by atoms with Crippen LogP contribution in [-0.4, -0.2) is 23.8 Å². The first-order valence-corrected chi connectivity index (χ1v) is 7.06. The number of alkyl halides is 3. The zero-order valence-electron chi connectivity index (χ0n) is 12.6. The molecule has 0 fully saturated rings. The van der Waals surface area contributed by atoms with Crippen molar-refractivity contribution in [3.8, 4) is 0 Å². The van der Waals surface area contributed by atoms with E-state index in [4.69, 9.17) is 0 Å². The van der Waals surface area contributed by atoms with E-state index in [-0.39, 0.29) is 12.5 Å². The van der Waals surface area contributed by atoms with Crippen LogP contribution in [0.4, 0.5) is 18.0 Å². The molecule has 0 saturated carbocycles. The van der Waals surface area contributed by atoms with Crippen molar-refractivity contribution < 1.29 is 23.1 Å². The molecule has 2 amide bonds. The highest BCUT2D eigenvalue weighted by molar-refractivity contribution is 5.73. The minimum atomic E-state index is -4.36. The van der Waals surface area contributed by atoms with E-state index in [1.807, 2.05) is 13.8 Å². The number of urea groups is 1. The van der Waals surface area contributed by atoms with Gasteiger partial charge in [-0.3, -0.25) is 0 Å². The molecule has 4 nitrogen and oxygen atoms in total. The van der Waals surface area contributed by atoms with Crippen molar-refractivity contribution >= 4 is 6.03 Å². The molecule has 22 heavy (non-hydrogen) atoms. The highest BCUT2D eigenvalue weighted by Crippen LogP contribution is 2.28. The fraction of sp³-hybridized carbons (Fsp3) is 0.533. The Bertz CT molecular complexity index is 473. The third kappa shape index (κ3) is 6.34. The molecule has 0 aromatic heterocycles. The molecule has 0 heterocycles. The maximum atomic E-state index is 12.4. The van der Waals surface area contributed by atoms with E-state index in [2.05, 4.69) is 10.6 Å². The number of benzene rings is 1. The summed E-state index contributed by atoms with van der Waals surface area (Å²) in [5, 5.41) is 14.7. The van der Waals surface area contributed by atoms with E-state index in [0.717, 1.165) is 12.1 Å². The van der Waals surface area contributed by atoms with Gasteiger partial charge in [0, 0.05) is 13.1 Å². The van der Waals surface area contributed by atoms with Crippen molar-refractivity contribution in [2.45, 2.75) is 39.1 Å². The van der Waals surface area contributed by atoms with Crippen LogP contribution in [0, 0.1) is 5.92 Å². The Morgan fingerprint density at radius 2 is 1.77 bits per heavy atom. The van der Waals surface area contributed by atoms with Crippen LogP contribution in [0.5, 0.6) is 0 Å². The van der Waals surface area contributed by atoms with Gasteiger partial charge in [-0.15, -0.1) is 0 Å². The first kappa shape index (κ1) is 18.3. The molecule has 1 rings (SSSR count). The smallest absolute Gasteiger partial charge is 0.393 e. The average molecular weight is 318 g/mol. The van der Waals surface area contributed by atoms with Crippen LogP contribution < -0.4 is 10.6 Å². The molecule has 1 atom stereocenters. The molecule has 0 aliphatic carbocycles. The number of nitrogens with one attached hydrogen (secondary N) is 2. The minimum absolute atomic E-state index is 0.122. The van der Waals surface area contributed by atoms with Crippen molar-refractivity contribution in [2.24, 2.45) is 5.92 Å². The van der Waals surface area contributed by atoms with Gasteiger partial charge in [0.25, 0.3) is 0 Å². The van der Waals surface area contributed by atoms with Crippen LogP contribution in [0.2, 0.25) is 0 Å². The summed E-state index contributed by atoms with van der Waals surface area (Å²) in [6.07, 6.45) is -4.39. The van der Waals surface area contributed by atoms with Gasteiger partial charge in [0.2, 0.25) is 0 Å². The van der Waals surface area contributed by atoms with Crippen molar-refractivity contribution in [1.29, 1.82) is 0 Å². The first-order chi connectivity index (χ1) is 10.2. The van der Waals surface area contributed by atoms with Gasteiger partial charge in [0.05, 0.1) is 11.7 Å². The number of aliphatic hydroxyl groups is 1. The van der Waals surface area contributed by atoms with Gasteiger partial charge in [0.1, 0.15) is 0 Å². The normalized spacial score (nSPS) is 13.0. The third-order valence-electron chi connectivity index (χ3n) is 3.23. The number of amides is 2. The van der Waals surface area contributed by atoms with Gasteiger partial charge in [-0.05, 0) is 30.0 Å². The van der Waals surface area contributed by atoms with Gasteiger partial charge < -0.3 is 15.7 Å². The van der Waals surface area contributed by atoms with Crippen LogP contribution in [0.15, 0.2) is 24.3 Å². The van der Waals surface area contributed by atoms with Crippen LogP contribution in [0.1, 0.15) is 31.4 Å². The molecule has 0 bridgehead atoms. The van der Waals surface area contributed by atoms with E-state index in [9.17, 15) is 23.1 Å². The average Bonchev–Trinajstić information content (AvgIpc) is 2.44. The monoisotopic (exact) mass is 318 g/mol. The predicted octanol–water partition coefficient (Wildman–Crippen LogP) is 2.91. The summed E-state index contributed by atoms with van der Waals surface area (Å²) in [5.41, 5.74) is -0.145. The number of hydrogen-bond donors (Lipinski definition) is 3. The summed E-state index contributed by atoms with van der Waals surface area (Å²) in [7, 11) is 0. The number of carbonyl (C=O) groups excluding carboxylic acids is 1. The second-order valence-corrected chi connectivity index (χ2v) is 5.40. The standard InChI is InChI=1S/C15H21F3N2O2/c1-10(2)13(21)7-8-19-14(22)20-9-11-3-5-12(6-4-11)15(16,17)18/h3-6,10,13,21H,7-9H2,1-2H3,(H2,19,20,22). The molecule has 0 radical (unpaired) electrons. The lowest BCUT2D eigenvalue weighted by Gasteiger charge is -2.14. The van der Waals surface area contributed by atoms with E-state index in [0.29, 0.717) is 18.5 Å². The van der Waals surface area contributed by atoms with Crippen LogP contribution in [-0.2, 0) is 12.7 Å². The second-order valence-electron chi connectivity index (χ2n) is 5.40. The Balaban J connectivity index is 2.32. The van der Waals surface area contributed by atoms with Crippen LogP contribution in [0.3, 0.4) is 0 Å². The number of aliphatic hydroxyl groups excluding tert-OH is 1. The predicted molar refractivity (Wildman–Crippen MR) is 77.1 cm³/mol. The first-order valence-electron chi connectivity index (χ1n) is 7.06. The molecule has 0 spiro atoms. The Labute approximate surface area is 127 Å². The number of carbonyl (C=O) groups is 1. The zero-order valence-corrected chi connectivity index (χ0v) is 12.6. The lowest BCUT2D eigenvalue weighted by atomic mass is 10.0. The molecular formula is C15H21F3N2O2. The fourth-order valence-corrected chi connectivity index (χ4v) is 1.72. The van der Waals surface area contributed by atoms with Gasteiger partial charge >= 0.3 is 12.2 Å². The molecule has 1 aromatic carbocycles. The molecule has 3 N–H and O–H groups in total. The molecule has 1 unspecified atom stereocenters. The summed E-state index contributed by atoms with van der Waals surface area (Å²) >= 11 is 0. The highest BCUT2D eigenvalue weighted by atomic mass is 19.4. The van der Waals surface area contributed by atoms with Crippen LogP contribution >= 0.6 is 0 Å². The van der Waals surface area contributed by atoms with Crippen LogP contribution in [0.25, 0.3) is 0 Å². The Kier molecular flexibility index (Phi) is 6.67. The molecule has 124 valence electrons. The Hall–Kier alpha value is -1.76. The highest BCUT2D eigenvalue weighted by Gasteiger charge is 2.29. The second kappa shape index (κ2) is 8.03. The third-order valence-corrected chi connectivity index (χ3v) is 3.23. The maximum Gasteiger partial charge on any atom is 0.416 e. The van der Waals surface area contributed by atoms with E-state index in [1.165, 1.54) is 12.1 Å². The summed E-state index contributed by atoms with van der Waals surface area (Å²) in [6.45, 7) is 4.24. The van der Waals surface area contributed by atoms with Gasteiger partial charge in [-0.2, -0.15) is 13.2 Å². The lowest BCUT2D eigenvalue weighted by Crippen LogP contribution is -2.37. The van der Waals surface area contributed by atoms with Gasteiger partial charge in [-0.25, -0.2) is 4.79 Å². The number of hydrogen-bond acceptors (Lipinski definition) is 2. The van der Waals surface area contributed by atoms with Gasteiger partial charge in [-0.1, -0.05) is 26.0 Å². The van der Waals surface area contributed by atoms with E-state index in [1.54, 1.807) is 0 Å². The summed E-state index contributed by atoms with van der Waals surface area (Å²) in [4.78, 5) is 11.5. The largest absolute Gasteiger partial charge is 0.416 e. The topological polar surface area (TPSA) is 61.4 Å². The Morgan fingerprint density at radius 3 is 2.27 bits per heavy atom. The Morgan fingerprint density at radius 1 is 1.18 bits per heavy atom. The molecule has 0 aliphatic heterocycles. The van der Waals surface area contributed by atoms with Crippen molar-refractivity contribution in [3.05, 3.63) is 35.4 Å². The van der Waals surface area contributed by atoms with Crippen molar-refractivity contribution in [3.63, 3.8) is 0 Å². The molecule has 7 heteroatoms. The molecule has 0 saturated heterocycles. The molecule has 0 aliphatic rings. The number of halogens is 3. The molecule has 1 aromatic rings. The lowest BCUT2D eigenvalue weighted by molar-refractivity contribution is -0.137. The SMILES string of the molecule is CC(C)C(O)CCNC(=O)NCc1ccc(C(F)(F)F)cc1. The summed E-state index contributed by atoms with van der Waals surface area (Å²) in [6, 6.07) is 4.19. The quantitative estimate of drug-likeness (QED) is 0.755. The summed E-state index contributed by atoms with van der Waals surface area (Å²) < 4.78 is 37.2.